The van der Waals surface area contributed by atoms with Crippen molar-refractivity contribution in [2.75, 3.05) is 20.6 Å². The minimum absolute atomic E-state index is 0.104. The number of hydrogen-bond donors (Lipinski definition) is 1. The standard InChI is InChI=1S/C13H21FN2/c1-13(2,16(3)4)10-15-9-11-6-5-7-12(14)8-11/h5-8,15H,9-10H2,1-4H3. The van der Waals surface area contributed by atoms with Crippen molar-refractivity contribution >= 4 is 0 Å². The maximum Gasteiger partial charge on any atom is 0.123 e. The number of rotatable bonds is 5. The van der Waals surface area contributed by atoms with Crippen LogP contribution in [0.5, 0.6) is 0 Å². The molecule has 0 aromatic heterocycles. The Balaban J connectivity index is 2.42. The second kappa shape index (κ2) is 5.41. The van der Waals surface area contributed by atoms with E-state index in [9.17, 15) is 4.39 Å². The molecule has 0 fully saturated rings. The molecule has 0 saturated carbocycles. The van der Waals surface area contributed by atoms with Crippen molar-refractivity contribution in [2.45, 2.75) is 25.9 Å². The monoisotopic (exact) mass is 224 g/mol. The number of halogens is 1. The first-order valence-corrected chi connectivity index (χ1v) is 5.54. The van der Waals surface area contributed by atoms with Crippen molar-refractivity contribution in [1.29, 1.82) is 0 Å². The van der Waals surface area contributed by atoms with Gasteiger partial charge in [-0.25, -0.2) is 4.39 Å². The zero-order valence-electron chi connectivity index (χ0n) is 10.5. The molecule has 16 heavy (non-hydrogen) atoms. The highest BCUT2D eigenvalue weighted by molar-refractivity contribution is 5.16. The van der Waals surface area contributed by atoms with E-state index >= 15 is 0 Å². The Morgan fingerprint density at radius 2 is 2.00 bits per heavy atom. The van der Waals surface area contributed by atoms with Gasteiger partial charge in [-0.1, -0.05) is 12.1 Å². The summed E-state index contributed by atoms with van der Waals surface area (Å²) in [5.74, 6) is -0.175. The van der Waals surface area contributed by atoms with Gasteiger partial charge in [0.25, 0.3) is 0 Å². The Morgan fingerprint density at radius 3 is 2.56 bits per heavy atom. The summed E-state index contributed by atoms with van der Waals surface area (Å²) >= 11 is 0. The van der Waals surface area contributed by atoms with Crippen LogP contribution < -0.4 is 5.32 Å². The maximum atomic E-state index is 12.9. The molecule has 1 N–H and O–H groups in total. The molecule has 0 atom stereocenters. The van der Waals surface area contributed by atoms with E-state index in [1.54, 1.807) is 12.1 Å². The molecule has 90 valence electrons. The van der Waals surface area contributed by atoms with Crippen LogP contribution in [0, 0.1) is 5.82 Å². The Hall–Kier alpha value is -0.930. The second-order valence-corrected chi connectivity index (χ2v) is 4.94. The van der Waals surface area contributed by atoms with Crippen LogP contribution in [0.2, 0.25) is 0 Å². The molecule has 2 nitrogen and oxygen atoms in total. The largest absolute Gasteiger partial charge is 0.311 e. The van der Waals surface area contributed by atoms with Crippen LogP contribution in [0.25, 0.3) is 0 Å². The first-order chi connectivity index (χ1) is 7.42. The Labute approximate surface area is 97.5 Å². The quantitative estimate of drug-likeness (QED) is 0.825. The lowest BCUT2D eigenvalue weighted by Gasteiger charge is -2.32. The summed E-state index contributed by atoms with van der Waals surface area (Å²) in [6.07, 6.45) is 0. The fraction of sp³-hybridized carbons (Fsp3) is 0.538. The van der Waals surface area contributed by atoms with Crippen LogP contribution in [0.4, 0.5) is 4.39 Å². The molecule has 0 aliphatic heterocycles. The fourth-order valence-corrected chi connectivity index (χ4v) is 1.32. The molecule has 0 unspecified atom stereocenters. The zero-order valence-corrected chi connectivity index (χ0v) is 10.5. The van der Waals surface area contributed by atoms with E-state index in [1.165, 1.54) is 6.07 Å². The molecule has 0 aliphatic rings. The lowest BCUT2D eigenvalue weighted by Crippen LogP contribution is -2.46. The van der Waals surface area contributed by atoms with E-state index in [-0.39, 0.29) is 11.4 Å². The maximum absolute atomic E-state index is 12.9. The van der Waals surface area contributed by atoms with Gasteiger partial charge in [0.05, 0.1) is 0 Å². The van der Waals surface area contributed by atoms with Gasteiger partial charge >= 0.3 is 0 Å². The molecular formula is C13H21FN2. The van der Waals surface area contributed by atoms with Crippen molar-refractivity contribution in [1.82, 2.24) is 10.2 Å². The third-order valence-corrected chi connectivity index (χ3v) is 2.99. The van der Waals surface area contributed by atoms with Crippen LogP contribution in [-0.2, 0) is 6.54 Å². The lowest BCUT2D eigenvalue weighted by molar-refractivity contribution is 0.190. The Morgan fingerprint density at radius 1 is 1.31 bits per heavy atom. The summed E-state index contributed by atoms with van der Waals surface area (Å²) in [5.41, 5.74) is 1.09. The summed E-state index contributed by atoms with van der Waals surface area (Å²) in [5, 5.41) is 3.34. The topological polar surface area (TPSA) is 15.3 Å². The van der Waals surface area contributed by atoms with E-state index in [0.717, 1.165) is 12.1 Å². The zero-order chi connectivity index (χ0) is 12.2. The van der Waals surface area contributed by atoms with E-state index < -0.39 is 0 Å². The van der Waals surface area contributed by atoms with E-state index in [4.69, 9.17) is 0 Å². The van der Waals surface area contributed by atoms with Crippen LogP contribution >= 0.6 is 0 Å². The molecule has 3 heteroatoms. The van der Waals surface area contributed by atoms with E-state index in [2.05, 4.69) is 38.2 Å². The summed E-state index contributed by atoms with van der Waals surface area (Å²) in [6, 6.07) is 6.70. The predicted molar refractivity (Wildman–Crippen MR) is 65.9 cm³/mol. The van der Waals surface area contributed by atoms with Gasteiger partial charge in [-0.15, -0.1) is 0 Å². The first-order valence-electron chi connectivity index (χ1n) is 5.54. The van der Waals surface area contributed by atoms with Crippen molar-refractivity contribution < 1.29 is 4.39 Å². The minimum Gasteiger partial charge on any atom is -0.311 e. The second-order valence-electron chi connectivity index (χ2n) is 4.94. The molecule has 1 aromatic rings. The summed E-state index contributed by atoms with van der Waals surface area (Å²) in [4.78, 5) is 2.17. The third-order valence-electron chi connectivity index (χ3n) is 2.99. The smallest absolute Gasteiger partial charge is 0.123 e. The molecule has 0 spiro atoms. The van der Waals surface area contributed by atoms with Gasteiger partial charge in [-0.3, -0.25) is 0 Å². The minimum atomic E-state index is -0.175. The van der Waals surface area contributed by atoms with Gasteiger partial charge in [0.1, 0.15) is 5.82 Å². The Bertz CT molecular complexity index is 334. The van der Waals surface area contributed by atoms with Gasteiger partial charge in [-0.2, -0.15) is 0 Å². The fourth-order valence-electron chi connectivity index (χ4n) is 1.32. The molecule has 0 amide bonds. The van der Waals surface area contributed by atoms with E-state index in [1.807, 2.05) is 6.07 Å². The average molecular weight is 224 g/mol. The number of benzene rings is 1. The highest BCUT2D eigenvalue weighted by Gasteiger charge is 2.19. The molecule has 1 rings (SSSR count). The first kappa shape index (κ1) is 13.1. The Kier molecular flexibility index (Phi) is 4.44. The number of nitrogens with zero attached hydrogens (tertiary/aromatic N) is 1. The third kappa shape index (κ3) is 3.91. The predicted octanol–water partition coefficient (Wildman–Crippen LogP) is 2.26. The highest BCUT2D eigenvalue weighted by Crippen LogP contribution is 2.09. The van der Waals surface area contributed by atoms with Crippen LogP contribution in [0.3, 0.4) is 0 Å². The summed E-state index contributed by atoms with van der Waals surface area (Å²) < 4.78 is 12.9. The number of nitrogens with one attached hydrogen (secondary N) is 1. The summed E-state index contributed by atoms with van der Waals surface area (Å²) in [7, 11) is 4.12. The summed E-state index contributed by atoms with van der Waals surface area (Å²) in [6.45, 7) is 5.92. The molecule has 0 aliphatic carbocycles. The van der Waals surface area contributed by atoms with E-state index in [0.29, 0.717) is 6.54 Å². The highest BCUT2D eigenvalue weighted by atomic mass is 19.1. The molecule has 1 aromatic carbocycles. The van der Waals surface area contributed by atoms with Crippen molar-refractivity contribution in [3.05, 3.63) is 35.6 Å². The number of likely N-dealkylation sites (N-methyl/N-ethyl adjacent to an activating group) is 1. The van der Waals surface area contributed by atoms with Crippen LogP contribution in [0.15, 0.2) is 24.3 Å². The van der Waals surface area contributed by atoms with Crippen molar-refractivity contribution in [3.8, 4) is 0 Å². The van der Waals surface area contributed by atoms with Crippen LogP contribution in [0.1, 0.15) is 19.4 Å². The molecule has 0 saturated heterocycles. The van der Waals surface area contributed by atoms with Crippen molar-refractivity contribution in [3.63, 3.8) is 0 Å². The molecule has 0 bridgehead atoms. The number of hydrogen-bond acceptors (Lipinski definition) is 2. The molecule has 0 radical (unpaired) electrons. The lowest BCUT2D eigenvalue weighted by atomic mass is 10.0. The average Bonchev–Trinajstić information content (AvgIpc) is 2.17. The van der Waals surface area contributed by atoms with Gasteiger partial charge in [0, 0.05) is 18.6 Å². The van der Waals surface area contributed by atoms with Gasteiger partial charge in [0.2, 0.25) is 0 Å². The molecule has 0 heterocycles. The van der Waals surface area contributed by atoms with Gasteiger partial charge in [0.15, 0.2) is 0 Å². The SMILES string of the molecule is CN(C)C(C)(C)CNCc1cccc(F)c1. The molecular weight excluding hydrogens is 203 g/mol. The van der Waals surface area contributed by atoms with Crippen molar-refractivity contribution in [2.24, 2.45) is 0 Å². The van der Waals surface area contributed by atoms with Crippen LogP contribution in [-0.4, -0.2) is 31.1 Å². The normalized spacial score (nSPS) is 12.1. The van der Waals surface area contributed by atoms with Gasteiger partial charge in [-0.05, 0) is 45.6 Å². The van der Waals surface area contributed by atoms with Gasteiger partial charge < -0.3 is 10.2 Å².